The van der Waals surface area contributed by atoms with Gasteiger partial charge in [0.2, 0.25) is 11.8 Å². The molecule has 2 aromatic rings. The van der Waals surface area contributed by atoms with Crippen molar-refractivity contribution in [2.24, 2.45) is 0 Å². The highest BCUT2D eigenvalue weighted by Crippen LogP contribution is 2.31. The van der Waals surface area contributed by atoms with Crippen LogP contribution >= 0.6 is 0 Å². The van der Waals surface area contributed by atoms with Gasteiger partial charge in [-0.3, -0.25) is 9.59 Å². The van der Waals surface area contributed by atoms with Gasteiger partial charge in [0.15, 0.2) is 11.6 Å². The van der Waals surface area contributed by atoms with Gasteiger partial charge in [-0.2, -0.15) is 4.98 Å². The van der Waals surface area contributed by atoms with Gasteiger partial charge in [0.1, 0.15) is 5.76 Å². The van der Waals surface area contributed by atoms with E-state index in [9.17, 15) is 9.59 Å². The summed E-state index contributed by atoms with van der Waals surface area (Å²) >= 11 is 0. The van der Waals surface area contributed by atoms with E-state index in [0.29, 0.717) is 30.4 Å². The number of carbonyl (C=O) groups excluding carboxylic acids is 2. The van der Waals surface area contributed by atoms with E-state index in [1.54, 1.807) is 17.0 Å². The Morgan fingerprint density at radius 3 is 2.96 bits per heavy atom. The van der Waals surface area contributed by atoms with Crippen LogP contribution < -0.4 is 5.32 Å². The number of rotatable bonds is 5. The molecule has 1 fully saturated rings. The van der Waals surface area contributed by atoms with Crippen LogP contribution in [0.4, 0.5) is 0 Å². The van der Waals surface area contributed by atoms with Crippen LogP contribution in [0.5, 0.6) is 0 Å². The molecule has 3 heterocycles. The second kappa shape index (κ2) is 6.86. The van der Waals surface area contributed by atoms with Crippen molar-refractivity contribution in [2.45, 2.75) is 45.7 Å². The van der Waals surface area contributed by atoms with Crippen molar-refractivity contribution in [3.8, 4) is 0 Å². The van der Waals surface area contributed by atoms with E-state index in [4.69, 9.17) is 8.94 Å². The molecule has 0 bridgehead atoms. The molecule has 0 saturated carbocycles. The molecule has 0 unspecified atom stereocenters. The molecule has 2 aromatic heterocycles. The summed E-state index contributed by atoms with van der Waals surface area (Å²) in [7, 11) is 0. The number of nitrogens with one attached hydrogen (secondary N) is 1. The fourth-order valence-corrected chi connectivity index (χ4v) is 2.77. The zero-order chi connectivity index (χ0) is 17.1. The maximum atomic E-state index is 12.7. The number of amides is 2. The Hall–Kier alpha value is -2.64. The molecule has 8 heteroatoms. The summed E-state index contributed by atoms with van der Waals surface area (Å²) in [6.07, 6.45) is 2.35. The van der Waals surface area contributed by atoms with Gasteiger partial charge in [-0.25, -0.2) is 0 Å². The van der Waals surface area contributed by atoms with Crippen LogP contribution in [0.3, 0.4) is 0 Å². The lowest BCUT2D eigenvalue weighted by Gasteiger charge is -2.20. The second-order valence-corrected chi connectivity index (χ2v) is 5.73. The minimum absolute atomic E-state index is 0.150. The fraction of sp³-hybridized carbons (Fsp3) is 0.500. The van der Waals surface area contributed by atoms with Gasteiger partial charge in [0.05, 0.1) is 12.6 Å². The second-order valence-electron chi connectivity index (χ2n) is 5.73. The summed E-state index contributed by atoms with van der Waals surface area (Å²) in [4.78, 5) is 29.7. The number of likely N-dealkylation sites (tertiary alicyclic amines) is 1. The first-order chi connectivity index (χ1) is 11.6. The average Bonchev–Trinajstić information content (AvgIpc) is 3.30. The van der Waals surface area contributed by atoms with Crippen LogP contribution in [0.1, 0.15) is 60.8 Å². The Kier molecular flexibility index (Phi) is 4.64. The van der Waals surface area contributed by atoms with E-state index in [1.807, 2.05) is 6.92 Å². The monoisotopic (exact) mass is 332 g/mol. The number of nitrogens with zero attached hydrogens (tertiary/aromatic N) is 3. The molecule has 0 radical (unpaired) electrons. The smallest absolute Gasteiger partial charge is 0.290 e. The average molecular weight is 332 g/mol. The molecule has 8 nitrogen and oxygen atoms in total. The molecule has 1 N–H and O–H groups in total. The fourth-order valence-electron chi connectivity index (χ4n) is 2.77. The molecule has 1 aliphatic rings. The van der Waals surface area contributed by atoms with Gasteiger partial charge < -0.3 is 19.2 Å². The van der Waals surface area contributed by atoms with Crippen LogP contribution in [-0.2, 0) is 17.8 Å². The van der Waals surface area contributed by atoms with E-state index < -0.39 is 0 Å². The Bertz CT molecular complexity index is 736. The molecular formula is C16H20N4O4. The van der Waals surface area contributed by atoms with E-state index >= 15 is 0 Å². The number of aromatic nitrogens is 2. The topological polar surface area (TPSA) is 101 Å². The summed E-state index contributed by atoms with van der Waals surface area (Å²) in [6.45, 7) is 4.26. The third kappa shape index (κ3) is 3.32. The minimum Gasteiger partial charge on any atom is -0.454 e. The predicted octanol–water partition coefficient (Wildman–Crippen LogP) is 1.84. The van der Waals surface area contributed by atoms with Crippen LogP contribution in [0.25, 0.3) is 0 Å². The maximum absolute atomic E-state index is 12.7. The van der Waals surface area contributed by atoms with E-state index in [1.165, 1.54) is 6.92 Å². The first kappa shape index (κ1) is 16.2. The molecule has 1 saturated heterocycles. The molecule has 24 heavy (non-hydrogen) atoms. The van der Waals surface area contributed by atoms with Crippen molar-refractivity contribution >= 4 is 11.8 Å². The number of furan rings is 1. The SMILES string of the molecule is CCc1nc([C@@H]2CCCN2C(=O)c2ccc(CNC(C)=O)o2)no1. The summed E-state index contributed by atoms with van der Waals surface area (Å²) in [5.74, 6) is 1.55. The minimum atomic E-state index is -0.200. The Labute approximate surface area is 139 Å². The van der Waals surface area contributed by atoms with Gasteiger partial charge in [0, 0.05) is 19.9 Å². The van der Waals surface area contributed by atoms with Crippen LogP contribution in [-0.4, -0.2) is 33.4 Å². The molecular weight excluding hydrogens is 312 g/mol. The lowest BCUT2D eigenvalue weighted by molar-refractivity contribution is -0.119. The zero-order valence-electron chi connectivity index (χ0n) is 13.7. The highest BCUT2D eigenvalue weighted by molar-refractivity contribution is 5.92. The van der Waals surface area contributed by atoms with Gasteiger partial charge in [-0.05, 0) is 25.0 Å². The van der Waals surface area contributed by atoms with Gasteiger partial charge in [-0.1, -0.05) is 12.1 Å². The first-order valence-electron chi connectivity index (χ1n) is 8.05. The Morgan fingerprint density at radius 1 is 1.42 bits per heavy atom. The van der Waals surface area contributed by atoms with Gasteiger partial charge in [-0.15, -0.1) is 0 Å². The molecule has 1 aliphatic heterocycles. The number of hydrogen-bond acceptors (Lipinski definition) is 6. The first-order valence-corrected chi connectivity index (χ1v) is 8.05. The lowest BCUT2D eigenvalue weighted by Crippen LogP contribution is -2.30. The van der Waals surface area contributed by atoms with E-state index in [0.717, 1.165) is 12.8 Å². The third-order valence-corrected chi connectivity index (χ3v) is 3.98. The summed E-state index contributed by atoms with van der Waals surface area (Å²) < 4.78 is 10.7. The molecule has 128 valence electrons. The third-order valence-electron chi connectivity index (χ3n) is 3.98. The number of aryl methyl sites for hydroxylation is 1. The zero-order valence-corrected chi connectivity index (χ0v) is 13.7. The standard InChI is InChI=1S/C16H20N4O4/c1-3-14-18-15(19-24-14)12-5-4-8-20(12)16(22)13-7-6-11(23-13)9-17-10(2)21/h6-7,12H,3-5,8-9H2,1-2H3,(H,17,21)/t12-/m0/s1. The summed E-state index contributed by atoms with van der Waals surface area (Å²) in [5.41, 5.74) is 0. The Morgan fingerprint density at radius 2 is 2.25 bits per heavy atom. The van der Waals surface area contributed by atoms with Crippen molar-refractivity contribution in [1.29, 1.82) is 0 Å². The van der Waals surface area contributed by atoms with Crippen LogP contribution in [0, 0.1) is 0 Å². The van der Waals surface area contributed by atoms with Gasteiger partial charge >= 0.3 is 0 Å². The van der Waals surface area contributed by atoms with Crippen molar-refractivity contribution in [2.75, 3.05) is 6.54 Å². The van der Waals surface area contributed by atoms with Crippen molar-refractivity contribution in [3.63, 3.8) is 0 Å². The van der Waals surface area contributed by atoms with Gasteiger partial charge in [0.25, 0.3) is 5.91 Å². The lowest BCUT2D eigenvalue weighted by atomic mass is 10.2. The molecule has 1 atom stereocenters. The van der Waals surface area contributed by atoms with Crippen molar-refractivity contribution in [1.82, 2.24) is 20.4 Å². The normalized spacial score (nSPS) is 17.2. The van der Waals surface area contributed by atoms with Crippen LogP contribution in [0.2, 0.25) is 0 Å². The molecule has 0 aliphatic carbocycles. The summed E-state index contributed by atoms with van der Waals surface area (Å²) in [6, 6.07) is 3.13. The maximum Gasteiger partial charge on any atom is 0.290 e. The molecule has 2 amide bonds. The highest BCUT2D eigenvalue weighted by Gasteiger charge is 2.35. The quantitative estimate of drug-likeness (QED) is 0.896. The highest BCUT2D eigenvalue weighted by atomic mass is 16.5. The predicted molar refractivity (Wildman–Crippen MR) is 82.9 cm³/mol. The molecule has 0 aromatic carbocycles. The molecule has 3 rings (SSSR count). The van der Waals surface area contributed by atoms with E-state index in [2.05, 4.69) is 15.5 Å². The van der Waals surface area contributed by atoms with Crippen LogP contribution in [0.15, 0.2) is 21.1 Å². The Balaban J connectivity index is 1.72. The summed E-state index contributed by atoms with van der Waals surface area (Å²) in [5, 5.41) is 6.63. The number of hydrogen-bond donors (Lipinski definition) is 1. The van der Waals surface area contributed by atoms with E-state index in [-0.39, 0.29) is 30.2 Å². The number of carbonyl (C=O) groups is 2. The molecule has 0 spiro atoms. The van der Waals surface area contributed by atoms with Crippen molar-refractivity contribution in [3.05, 3.63) is 35.4 Å². The van der Waals surface area contributed by atoms with Crippen molar-refractivity contribution < 1.29 is 18.5 Å². The largest absolute Gasteiger partial charge is 0.454 e.